The molecule has 0 bridgehead atoms. The second kappa shape index (κ2) is 5.44. The third kappa shape index (κ3) is 3.28. The van der Waals surface area contributed by atoms with Crippen molar-refractivity contribution < 1.29 is 8.42 Å². The van der Waals surface area contributed by atoms with E-state index in [4.69, 9.17) is 10.5 Å². The molecule has 0 aliphatic carbocycles. The average molecular weight is 249 g/mol. The first kappa shape index (κ1) is 13.2. The van der Waals surface area contributed by atoms with E-state index >= 15 is 0 Å². The molecule has 0 fully saturated rings. The first-order chi connectivity index (χ1) is 8.01. The monoisotopic (exact) mass is 249 g/mol. The van der Waals surface area contributed by atoms with E-state index in [1.54, 1.807) is 19.1 Å². The van der Waals surface area contributed by atoms with Crippen LogP contribution in [0, 0.1) is 29.6 Å². The molecular weight excluding hydrogens is 238 g/mol. The van der Waals surface area contributed by atoms with Gasteiger partial charge in [-0.1, -0.05) is 6.07 Å². The molecule has 0 saturated heterocycles. The number of hydrogen-bond donors (Lipinski definition) is 1. The Morgan fingerprint density at radius 1 is 1.35 bits per heavy atom. The maximum Gasteiger partial charge on any atom is 0.240 e. The van der Waals surface area contributed by atoms with E-state index in [2.05, 4.69) is 4.72 Å². The van der Waals surface area contributed by atoms with Gasteiger partial charge >= 0.3 is 0 Å². The summed E-state index contributed by atoms with van der Waals surface area (Å²) in [5.41, 5.74) is 0.852. The standard InChI is InChI=1S/C11H11N3O2S/c1-9-3-4-10(8-13)7-11(9)17(15,16)14-6-2-5-12/h3-4,7,14H,2,6H2,1H3. The molecule has 1 rings (SSSR count). The lowest BCUT2D eigenvalue weighted by Gasteiger charge is -2.08. The Morgan fingerprint density at radius 2 is 2.06 bits per heavy atom. The number of sulfonamides is 1. The fourth-order valence-corrected chi connectivity index (χ4v) is 2.58. The van der Waals surface area contributed by atoms with Gasteiger partial charge in [0.1, 0.15) is 0 Å². The van der Waals surface area contributed by atoms with Crippen LogP contribution in [0.2, 0.25) is 0 Å². The summed E-state index contributed by atoms with van der Waals surface area (Å²) in [4.78, 5) is 0.0782. The Bertz CT molecular complexity index is 594. The third-order valence-corrected chi connectivity index (χ3v) is 3.74. The van der Waals surface area contributed by atoms with E-state index in [0.717, 1.165) is 0 Å². The third-order valence-electron chi connectivity index (χ3n) is 2.14. The van der Waals surface area contributed by atoms with Crippen LogP contribution in [-0.2, 0) is 10.0 Å². The van der Waals surface area contributed by atoms with Crippen LogP contribution in [0.3, 0.4) is 0 Å². The number of nitriles is 2. The van der Waals surface area contributed by atoms with Crippen LogP contribution in [0.5, 0.6) is 0 Å². The molecule has 0 radical (unpaired) electrons. The van der Waals surface area contributed by atoms with Gasteiger partial charge in [0.25, 0.3) is 0 Å². The van der Waals surface area contributed by atoms with Crippen LogP contribution < -0.4 is 4.72 Å². The topological polar surface area (TPSA) is 93.8 Å². The van der Waals surface area contributed by atoms with Gasteiger partial charge in [0.15, 0.2) is 0 Å². The Kier molecular flexibility index (Phi) is 4.22. The van der Waals surface area contributed by atoms with Gasteiger partial charge in [0.2, 0.25) is 10.0 Å². The molecule has 1 aromatic carbocycles. The zero-order valence-corrected chi connectivity index (χ0v) is 10.1. The lowest BCUT2D eigenvalue weighted by atomic mass is 10.2. The average Bonchev–Trinajstić information content (AvgIpc) is 2.29. The molecule has 0 atom stereocenters. The van der Waals surface area contributed by atoms with Gasteiger partial charge in [-0.2, -0.15) is 10.5 Å². The van der Waals surface area contributed by atoms with Crippen molar-refractivity contribution in [2.75, 3.05) is 6.54 Å². The number of aryl methyl sites for hydroxylation is 1. The van der Waals surface area contributed by atoms with E-state index in [1.165, 1.54) is 6.07 Å². The Labute approximate surface area is 100 Å². The Morgan fingerprint density at radius 3 is 2.65 bits per heavy atom. The number of rotatable bonds is 4. The molecule has 5 nitrogen and oxygen atoms in total. The highest BCUT2D eigenvalue weighted by atomic mass is 32.2. The van der Waals surface area contributed by atoms with Gasteiger partial charge < -0.3 is 0 Å². The molecule has 17 heavy (non-hydrogen) atoms. The molecular formula is C11H11N3O2S. The van der Waals surface area contributed by atoms with Crippen molar-refractivity contribution in [3.8, 4) is 12.1 Å². The summed E-state index contributed by atoms with van der Waals surface area (Å²) in [6.45, 7) is 1.72. The smallest absolute Gasteiger partial charge is 0.210 e. The van der Waals surface area contributed by atoms with Crippen molar-refractivity contribution in [1.29, 1.82) is 10.5 Å². The van der Waals surface area contributed by atoms with Crippen molar-refractivity contribution in [2.45, 2.75) is 18.2 Å². The van der Waals surface area contributed by atoms with E-state index in [1.807, 2.05) is 12.1 Å². The predicted molar refractivity (Wildman–Crippen MR) is 61.3 cm³/mol. The Hall–Kier alpha value is -1.89. The van der Waals surface area contributed by atoms with E-state index < -0.39 is 10.0 Å². The molecule has 0 saturated carbocycles. The molecule has 6 heteroatoms. The van der Waals surface area contributed by atoms with Crippen molar-refractivity contribution >= 4 is 10.0 Å². The van der Waals surface area contributed by atoms with Gasteiger partial charge in [0.05, 0.1) is 22.6 Å². The summed E-state index contributed by atoms with van der Waals surface area (Å²) in [7, 11) is -3.65. The minimum absolute atomic E-state index is 0.0645. The van der Waals surface area contributed by atoms with Crippen LogP contribution in [0.1, 0.15) is 17.5 Å². The molecule has 1 N–H and O–H groups in total. The lowest BCUT2D eigenvalue weighted by Crippen LogP contribution is -2.25. The summed E-state index contributed by atoms with van der Waals surface area (Å²) in [5, 5.41) is 17.1. The molecule has 0 heterocycles. The summed E-state index contributed by atoms with van der Waals surface area (Å²) < 4.78 is 26.0. The molecule has 0 aromatic heterocycles. The SMILES string of the molecule is Cc1ccc(C#N)cc1S(=O)(=O)NCCC#N. The molecule has 0 unspecified atom stereocenters. The minimum atomic E-state index is -3.65. The van der Waals surface area contributed by atoms with E-state index in [-0.39, 0.29) is 23.4 Å². The van der Waals surface area contributed by atoms with Crippen molar-refractivity contribution in [2.24, 2.45) is 0 Å². The number of benzene rings is 1. The first-order valence-electron chi connectivity index (χ1n) is 4.88. The van der Waals surface area contributed by atoms with E-state index in [9.17, 15) is 8.42 Å². The fourth-order valence-electron chi connectivity index (χ4n) is 1.28. The number of nitrogens with one attached hydrogen (secondary N) is 1. The first-order valence-corrected chi connectivity index (χ1v) is 6.37. The lowest BCUT2D eigenvalue weighted by molar-refractivity contribution is 0.581. The van der Waals surface area contributed by atoms with Gasteiger partial charge in [-0.25, -0.2) is 13.1 Å². The largest absolute Gasteiger partial charge is 0.240 e. The predicted octanol–water partition coefficient (Wildman–Crippen LogP) is 1.06. The van der Waals surface area contributed by atoms with Crippen LogP contribution in [0.15, 0.2) is 23.1 Å². The Balaban J connectivity index is 3.07. The summed E-state index contributed by atoms with van der Waals surface area (Å²) in [6, 6.07) is 8.20. The van der Waals surface area contributed by atoms with Gasteiger partial charge in [-0.3, -0.25) is 0 Å². The normalized spacial score (nSPS) is 10.5. The second-order valence-corrected chi connectivity index (χ2v) is 5.13. The molecule has 88 valence electrons. The zero-order valence-electron chi connectivity index (χ0n) is 9.27. The van der Waals surface area contributed by atoms with Crippen LogP contribution in [-0.4, -0.2) is 15.0 Å². The van der Waals surface area contributed by atoms with Crippen molar-refractivity contribution in [3.05, 3.63) is 29.3 Å². The van der Waals surface area contributed by atoms with Gasteiger partial charge in [-0.05, 0) is 24.6 Å². The van der Waals surface area contributed by atoms with Crippen LogP contribution in [0.4, 0.5) is 0 Å². The molecule has 0 amide bonds. The van der Waals surface area contributed by atoms with E-state index in [0.29, 0.717) is 5.56 Å². The van der Waals surface area contributed by atoms with Crippen LogP contribution >= 0.6 is 0 Å². The summed E-state index contributed by atoms with van der Waals surface area (Å²) in [5.74, 6) is 0. The van der Waals surface area contributed by atoms with Crippen molar-refractivity contribution in [3.63, 3.8) is 0 Å². The molecule has 0 spiro atoms. The highest BCUT2D eigenvalue weighted by Crippen LogP contribution is 2.16. The minimum Gasteiger partial charge on any atom is -0.210 e. The fraction of sp³-hybridized carbons (Fsp3) is 0.273. The summed E-state index contributed by atoms with van der Waals surface area (Å²) >= 11 is 0. The van der Waals surface area contributed by atoms with Crippen LogP contribution in [0.25, 0.3) is 0 Å². The molecule has 0 aliphatic heterocycles. The molecule has 1 aromatic rings. The number of nitrogens with zero attached hydrogens (tertiary/aromatic N) is 2. The quantitative estimate of drug-likeness (QED) is 0.807. The summed E-state index contributed by atoms with van der Waals surface area (Å²) in [6.07, 6.45) is 0.107. The van der Waals surface area contributed by atoms with Gasteiger partial charge in [-0.15, -0.1) is 0 Å². The highest BCUT2D eigenvalue weighted by molar-refractivity contribution is 7.89. The maximum atomic E-state index is 11.9. The zero-order chi connectivity index (χ0) is 12.9. The highest BCUT2D eigenvalue weighted by Gasteiger charge is 2.16. The number of hydrogen-bond acceptors (Lipinski definition) is 4. The second-order valence-electron chi connectivity index (χ2n) is 3.40. The molecule has 0 aliphatic rings. The van der Waals surface area contributed by atoms with Crippen molar-refractivity contribution in [1.82, 2.24) is 4.72 Å². The van der Waals surface area contributed by atoms with Gasteiger partial charge in [0, 0.05) is 13.0 Å². The maximum absolute atomic E-state index is 11.9.